The van der Waals surface area contributed by atoms with Crippen LogP contribution in [0.5, 0.6) is 0 Å². The Morgan fingerprint density at radius 1 is 1.00 bits per heavy atom. The Hall–Kier alpha value is -1.01. The lowest BCUT2D eigenvalue weighted by molar-refractivity contribution is -0.135. The lowest BCUT2D eigenvalue weighted by Gasteiger charge is -2.38. The molecule has 1 atom stereocenters. The van der Waals surface area contributed by atoms with E-state index in [1.54, 1.807) is 0 Å². The first-order valence-corrected chi connectivity index (χ1v) is 9.30. The first kappa shape index (κ1) is 23.0. The third kappa shape index (κ3) is 6.02. The highest BCUT2D eigenvalue weighted by molar-refractivity contribution is 5.85. The van der Waals surface area contributed by atoms with Crippen LogP contribution in [0.3, 0.4) is 0 Å². The molecule has 0 saturated carbocycles. The fraction of sp³-hybridized carbons (Fsp3) is 0.632. The summed E-state index contributed by atoms with van der Waals surface area (Å²) in [5, 5.41) is 0. The highest BCUT2D eigenvalue weighted by atomic mass is 35.5. The van der Waals surface area contributed by atoms with E-state index >= 15 is 0 Å². The zero-order valence-electron chi connectivity index (χ0n) is 15.4. The summed E-state index contributed by atoms with van der Waals surface area (Å²) in [4.78, 5) is 19.4. The van der Waals surface area contributed by atoms with Crippen LogP contribution in [-0.2, 0) is 4.79 Å². The van der Waals surface area contributed by atoms with Gasteiger partial charge in [0, 0.05) is 64.0 Å². The first-order valence-electron chi connectivity index (χ1n) is 9.30. The number of piperidine rings is 1. The van der Waals surface area contributed by atoms with Gasteiger partial charge in [0.05, 0.1) is 0 Å². The van der Waals surface area contributed by atoms with Gasteiger partial charge < -0.3 is 15.5 Å². The summed E-state index contributed by atoms with van der Waals surface area (Å²) in [5.41, 5.74) is 7.13. The molecule has 0 aliphatic carbocycles. The van der Waals surface area contributed by atoms with Crippen LogP contribution >= 0.6 is 24.8 Å². The number of nitrogens with two attached hydrogens (primary N) is 1. The molecule has 1 amide bonds. The monoisotopic (exact) mass is 402 g/mol. The van der Waals surface area contributed by atoms with Crippen LogP contribution in [0.2, 0.25) is 0 Å². The van der Waals surface area contributed by atoms with E-state index in [2.05, 4.69) is 40.1 Å². The van der Waals surface area contributed by atoms with E-state index in [0.717, 1.165) is 52.1 Å². The molecule has 0 spiro atoms. The zero-order valence-corrected chi connectivity index (χ0v) is 17.0. The first-order chi connectivity index (χ1) is 11.8. The van der Waals surface area contributed by atoms with Crippen LogP contribution in [0.1, 0.15) is 25.7 Å². The molecule has 2 saturated heterocycles. The molecule has 2 heterocycles. The summed E-state index contributed by atoms with van der Waals surface area (Å²) in [5.74, 6) is 0.288. The molecule has 1 aromatic carbocycles. The zero-order chi connectivity index (χ0) is 16.8. The molecular weight excluding hydrogens is 371 g/mol. The van der Waals surface area contributed by atoms with Gasteiger partial charge in [0.15, 0.2) is 0 Å². The molecule has 2 aliphatic heterocycles. The molecule has 7 heteroatoms. The number of piperazine rings is 1. The predicted molar refractivity (Wildman–Crippen MR) is 113 cm³/mol. The number of hydrogen-bond acceptors (Lipinski definition) is 4. The summed E-state index contributed by atoms with van der Waals surface area (Å²) in [7, 11) is 0. The van der Waals surface area contributed by atoms with Crippen LogP contribution in [-0.4, -0.2) is 67.6 Å². The van der Waals surface area contributed by atoms with Gasteiger partial charge in [-0.05, 0) is 31.4 Å². The average molecular weight is 403 g/mol. The van der Waals surface area contributed by atoms with E-state index in [0.29, 0.717) is 13.0 Å². The number of benzene rings is 1. The van der Waals surface area contributed by atoms with Crippen molar-refractivity contribution in [3.05, 3.63) is 30.3 Å². The molecule has 2 N–H and O–H groups in total. The molecule has 0 aromatic heterocycles. The second-order valence-corrected chi connectivity index (χ2v) is 6.89. The summed E-state index contributed by atoms with van der Waals surface area (Å²) in [6.07, 6.45) is 4.02. The standard InChI is InChI=1S/C19H30N4O.2ClH/c20-16-18-8-4-5-10-23(18)19(24)9-11-21-12-14-22(15-13-21)17-6-2-1-3-7-17;;/h1-3,6-7,18H,4-5,8-16,20H2;2*1H. The van der Waals surface area contributed by atoms with Gasteiger partial charge >= 0.3 is 0 Å². The molecule has 3 rings (SSSR count). The molecule has 0 bridgehead atoms. The minimum atomic E-state index is 0. The fourth-order valence-corrected chi connectivity index (χ4v) is 3.84. The lowest BCUT2D eigenvalue weighted by Crippen LogP contribution is -2.50. The van der Waals surface area contributed by atoms with E-state index in [9.17, 15) is 4.79 Å². The second kappa shape index (κ2) is 11.7. The Labute approximate surface area is 169 Å². The van der Waals surface area contributed by atoms with Gasteiger partial charge in [-0.3, -0.25) is 9.69 Å². The minimum Gasteiger partial charge on any atom is -0.369 e. The third-order valence-corrected chi connectivity index (χ3v) is 5.36. The summed E-state index contributed by atoms with van der Waals surface area (Å²) < 4.78 is 0. The van der Waals surface area contributed by atoms with Crippen molar-refractivity contribution in [2.45, 2.75) is 31.7 Å². The number of likely N-dealkylation sites (tertiary alicyclic amines) is 1. The van der Waals surface area contributed by atoms with Gasteiger partial charge in [-0.15, -0.1) is 24.8 Å². The fourth-order valence-electron chi connectivity index (χ4n) is 3.84. The molecule has 5 nitrogen and oxygen atoms in total. The highest BCUT2D eigenvalue weighted by Gasteiger charge is 2.26. The number of para-hydroxylation sites is 1. The number of rotatable bonds is 5. The molecular formula is C19H32Cl2N4O. The topological polar surface area (TPSA) is 52.8 Å². The molecule has 2 aliphatic rings. The molecule has 1 aromatic rings. The Bertz CT molecular complexity index is 524. The second-order valence-electron chi connectivity index (χ2n) is 6.89. The SMILES string of the molecule is Cl.Cl.NCC1CCCCN1C(=O)CCN1CCN(c2ccccc2)CC1. The van der Waals surface area contributed by atoms with Gasteiger partial charge in [0.1, 0.15) is 0 Å². The van der Waals surface area contributed by atoms with E-state index < -0.39 is 0 Å². The van der Waals surface area contributed by atoms with E-state index in [1.807, 2.05) is 4.90 Å². The van der Waals surface area contributed by atoms with Gasteiger partial charge in [-0.1, -0.05) is 18.2 Å². The van der Waals surface area contributed by atoms with E-state index in [4.69, 9.17) is 5.73 Å². The van der Waals surface area contributed by atoms with E-state index in [-0.39, 0.29) is 36.8 Å². The van der Waals surface area contributed by atoms with Crippen LogP contribution in [0.25, 0.3) is 0 Å². The largest absolute Gasteiger partial charge is 0.369 e. The van der Waals surface area contributed by atoms with Crippen molar-refractivity contribution in [1.29, 1.82) is 0 Å². The van der Waals surface area contributed by atoms with Crippen molar-refractivity contribution in [3.63, 3.8) is 0 Å². The summed E-state index contributed by atoms with van der Waals surface area (Å²) in [6, 6.07) is 10.8. The van der Waals surface area contributed by atoms with Crippen molar-refractivity contribution >= 4 is 36.4 Å². The smallest absolute Gasteiger partial charge is 0.224 e. The Balaban J connectivity index is 0.00000169. The maximum atomic E-state index is 12.5. The Morgan fingerprint density at radius 2 is 1.69 bits per heavy atom. The number of carbonyl (C=O) groups excluding carboxylic acids is 1. The third-order valence-electron chi connectivity index (χ3n) is 5.36. The molecule has 26 heavy (non-hydrogen) atoms. The number of halogens is 2. The number of nitrogens with zero attached hydrogens (tertiary/aromatic N) is 3. The normalized spacial score (nSPS) is 20.9. The summed E-state index contributed by atoms with van der Waals surface area (Å²) >= 11 is 0. The molecule has 148 valence electrons. The average Bonchev–Trinajstić information content (AvgIpc) is 2.67. The van der Waals surface area contributed by atoms with Crippen LogP contribution in [0.15, 0.2) is 30.3 Å². The maximum absolute atomic E-state index is 12.5. The van der Waals surface area contributed by atoms with E-state index in [1.165, 1.54) is 12.1 Å². The van der Waals surface area contributed by atoms with Gasteiger partial charge in [-0.2, -0.15) is 0 Å². The van der Waals surface area contributed by atoms with Crippen molar-refractivity contribution < 1.29 is 4.79 Å². The Kier molecular flexibility index (Phi) is 10.3. The lowest BCUT2D eigenvalue weighted by atomic mass is 10.0. The molecule has 1 unspecified atom stereocenters. The molecule has 0 radical (unpaired) electrons. The van der Waals surface area contributed by atoms with Crippen LogP contribution < -0.4 is 10.6 Å². The highest BCUT2D eigenvalue weighted by Crippen LogP contribution is 2.18. The van der Waals surface area contributed by atoms with Gasteiger partial charge in [0.2, 0.25) is 5.91 Å². The van der Waals surface area contributed by atoms with Crippen LogP contribution in [0.4, 0.5) is 5.69 Å². The maximum Gasteiger partial charge on any atom is 0.224 e. The van der Waals surface area contributed by atoms with Crippen molar-refractivity contribution in [3.8, 4) is 0 Å². The quantitative estimate of drug-likeness (QED) is 0.820. The predicted octanol–water partition coefficient (Wildman–Crippen LogP) is 2.38. The number of carbonyl (C=O) groups is 1. The van der Waals surface area contributed by atoms with Crippen LogP contribution in [0, 0.1) is 0 Å². The van der Waals surface area contributed by atoms with Crippen molar-refractivity contribution in [2.24, 2.45) is 5.73 Å². The Morgan fingerprint density at radius 3 is 2.35 bits per heavy atom. The van der Waals surface area contributed by atoms with Crippen molar-refractivity contribution in [1.82, 2.24) is 9.80 Å². The summed E-state index contributed by atoms with van der Waals surface area (Å²) in [6.45, 7) is 6.49. The minimum absolute atomic E-state index is 0. The number of amides is 1. The molecule has 2 fully saturated rings. The number of anilines is 1. The van der Waals surface area contributed by atoms with Gasteiger partial charge in [0.25, 0.3) is 0 Å². The van der Waals surface area contributed by atoms with Gasteiger partial charge in [-0.25, -0.2) is 0 Å². The number of hydrogen-bond donors (Lipinski definition) is 1. The van der Waals surface area contributed by atoms with Crippen molar-refractivity contribution in [2.75, 3.05) is 50.7 Å².